The summed E-state index contributed by atoms with van der Waals surface area (Å²) in [5.41, 5.74) is 6.39. The van der Waals surface area contributed by atoms with Crippen LogP contribution in [0.5, 0.6) is 0 Å². The van der Waals surface area contributed by atoms with Crippen molar-refractivity contribution < 1.29 is 47.7 Å². The fourth-order valence-corrected chi connectivity index (χ4v) is 5.07. The van der Waals surface area contributed by atoms with Crippen molar-refractivity contribution in [2.45, 2.75) is 116 Å². The van der Waals surface area contributed by atoms with Crippen LogP contribution in [0, 0.1) is 18.3 Å². The van der Waals surface area contributed by atoms with E-state index in [0.717, 1.165) is 44.1 Å². The minimum Gasteiger partial charge on any atom is -0.461 e. The molecule has 0 heterocycles. The molecule has 0 radical (unpaired) electrons. The van der Waals surface area contributed by atoms with Crippen molar-refractivity contribution in [1.29, 1.82) is 0 Å². The van der Waals surface area contributed by atoms with Crippen LogP contribution in [0.1, 0.15) is 103 Å². The largest absolute Gasteiger partial charge is 0.461 e. The Morgan fingerprint density at radius 2 is 1.43 bits per heavy atom. The van der Waals surface area contributed by atoms with Gasteiger partial charge in [0.25, 0.3) is 0 Å². The van der Waals surface area contributed by atoms with Crippen LogP contribution < -0.4 is 16.4 Å². The number of rotatable bonds is 31. The molecular formula is C40H63N3O10. The van der Waals surface area contributed by atoms with Gasteiger partial charge in [0, 0.05) is 38.3 Å². The number of nitrogens with one attached hydrogen (secondary N) is 2. The van der Waals surface area contributed by atoms with E-state index in [9.17, 15) is 24.0 Å². The molecule has 298 valence electrons. The third-order valence-electron chi connectivity index (χ3n) is 7.90. The summed E-state index contributed by atoms with van der Waals surface area (Å²) in [4.78, 5) is 62.3. The van der Waals surface area contributed by atoms with Crippen LogP contribution in [0.3, 0.4) is 0 Å². The lowest BCUT2D eigenvalue weighted by molar-refractivity contribution is -0.145. The molecule has 0 aliphatic carbocycles. The van der Waals surface area contributed by atoms with Crippen LogP contribution in [-0.4, -0.2) is 93.9 Å². The number of carbonyl (C=O) groups excluding carboxylic acids is 5. The fourth-order valence-electron chi connectivity index (χ4n) is 5.07. The summed E-state index contributed by atoms with van der Waals surface area (Å²) in [6.07, 6.45) is 11.4. The Labute approximate surface area is 316 Å². The quantitative estimate of drug-likeness (QED) is 0.0539. The van der Waals surface area contributed by atoms with E-state index in [1.54, 1.807) is 20.8 Å². The lowest BCUT2D eigenvalue weighted by Gasteiger charge is -2.19. The molecule has 0 unspecified atom stereocenters. The first-order chi connectivity index (χ1) is 25.4. The van der Waals surface area contributed by atoms with Crippen LogP contribution in [-0.2, 0) is 49.5 Å². The molecule has 2 amide bonds. The number of benzene rings is 1. The smallest absolute Gasteiger partial charge is 0.407 e. The Morgan fingerprint density at radius 1 is 0.792 bits per heavy atom. The van der Waals surface area contributed by atoms with Gasteiger partial charge in [0.1, 0.15) is 31.2 Å². The molecule has 53 heavy (non-hydrogen) atoms. The van der Waals surface area contributed by atoms with Crippen LogP contribution in [0.4, 0.5) is 4.79 Å². The summed E-state index contributed by atoms with van der Waals surface area (Å²) in [6.45, 7) is 7.73. The molecule has 0 aliphatic rings. The number of hydrogen-bond acceptors (Lipinski definition) is 11. The number of carbonyl (C=O) groups is 5. The van der Waals surface area contributed by atoms with Crippen molar-refractivity contribution in [2.24, 2.45) is 11.7 Å². The molecule has 0 aromatic heterocycles. The van der Waals surface area contributed by atoms with E-state index >= 15 is 0 Å². The third kappa shape index (κ3) is 27.4. The molecule has 0 bridgehead atoms. The summed E-state index contributed by atoms with van der Waals surface area (Å²) in [7, 11) is 0. The van der Waals surface area contributed by atoms with Gasteiger partial charge in [0.05, 0.1) is 32.5 Å². The number of hydrogen-bond donors (Lipinski definition) is 3. The number of alkyl carbamates (subject to hydrolysis) is 1. The summed E-state index contributed by atoms with van der Waals surface area (Å²) in [6, 6.07) is 8.80. The normalized spacial score (nSPS) is 12.3. The molecule has 0 fully saturated rings. The van der Waals surface area contributed by atoms with Crippen LogP contribution in [0.2, 0.25) is 0 Å². The molecule has 2 atom stereocenters. The lowest BCUT2D eigenvalue weighted by atomic mass is 9.96. The molecule has 0 aliphatic heterocycles. The van der Waals surface area contributed by atoms with Crippen LogP contribution in [0.25, 0.3) is 0 Å². The van der Waals surface area contributed by atoms with Gasteiger partial charge in [-0.05, 0) is 64.9 Å². The predicted octanol–water partition coefficient (Wildman–Crippen LogP) is 4.82. The lowest BCUT2D eigenvalue weighted by Crippen LogP contribution is -2.34. The van der Waals surface area contributed by atoms with E-state index < -0.39 is 29.6 Å². The SMILES string of the molecule is C#CCOCCOCCOCC(=O)C[C@@H](CCC(=O)OCc1ccccc1)C(=O)NCCCCCCCC(=O)[C@H](N)CCCCNC(=O)OC(C)(C)C. The van der Waals surface area contributed by atoms with Crippen molar-refractivity contribution in [3.05, 3.63) is 35.9 Å². The molecular weight excluding hydrogens is 682 g/mol. The average Bonchev–Trinajstić information content (AvgIpc) is 3.12. The van der Waals surface area contributed by atoms with Gasteiger partial charge in [0.2, 0.25) is 5.91 Å². The predicted molar refractivity (Wildman–Crippen MR) is 202 cm³/mol. The van der Waals surface area contributed by atoms with E-state index in [-0.39, 0.29) is 69.8 Å². The fraction of sp³-hybridized carbons (Fsp3) is 0.675. The van der Waals surface area contributed by atoms with Gasteiger partial charge in [-0.3, -0.25) is 19.2 Å². The second-order valence-electron chi connectivity index (χ2n) is 13.9. The molecule has 13 heteroatoms. The van der Waals surface area contributed by atoms with E-state index in [1.807, 2.05) is 30.3 Å². The molecule has 1 rings (SSSR count). The highest BCUT2D eigenvalue weighted by Gasteiger charge is 2.23. The maximum atomic E-state index is 13.1. The number of esters is 1. The molecule has 0 spiro atoms. The number of ether oxygens (including phenoxy) is 5. The zero-order chi connectivity index (χ0) is 39.2. The van der Waals surface area contributed by atoms with Gasteiger partial charge < -0.3 is 40.1 Å². The van der Waals surface area contributed by atoms with Crippen molar-refractivity contribution in [3.63, 3.8) is 0 Å². The summed E-state index contributed by atoms with van der Waals surface area (Å²) < 4.78 is 26.5. The Kier molecular flexibility index (Phi) is 26.4. The number of Topliss-reactive ketones (excluding diaryl/α,β-unsaturated/α-hetero) is 2. The first-order valence-corrected chi connectivity index (χ1v) is 18.8. The third-order valence-corrected chi connectivity index (χ3v) is 7.90. The Morgan fingerprint density at radius 3 is 2.15 bits per heavy atom. The van der Waals surface area contributed by atoms with E-state index in [0.29, 0.717) is 45.6 Å². The first kappa shape index (κ1) is 47.2. The highest BCUT2D eigenvalue weighted by molar-refractivity contribution is 5.87. The average molecular weight is 746 g/mol. The number of nitrogens with two attached hydrogens (primary N) is 1. The second-order valence-corrected chi connectivity index (χ2v) is 13.9. The van der Waals surface area contributed by atoms with Gasteiger partial charge in [0.15, 0.2) is 5.78 Å². The first-order valence-electron chi connectivity index (χ1n) is 18.8. The zero-order valence-electron chi connectivity index (χ0n) is 32.1. The molecule has 0 saturated heterocycles. The standard InChI is InChI=1S/C40H63N3O10/c1-5-24-49-25-26-50-27-28-51-31-34(44)29-33(20-21-37(46)52-30-32-16-10-9-11-17-32)38(47)42-22-14-8-6-7-12-19-36(45)35(41)18-13-15-23-43-39(48)53-40(2,3)4/h1,9-11,16-17,33,35H,6-8,12-15,18-31,41H2,2-4H3,(H,42,47)(H,43,48)/t33-,35-/m1/s1. The zero-order valence-corrected chi connectivity index (χ0v) is 32.1. The van der Waals surface area contributed by atoms with Crippen molar-refractivity contribution in [2.75, 3.05) is 52.7 Å². The van der Waals surface area contributed by atoms with Crippen molar-refractivity contribution in [1.82, 2.24) is 10.6 Å². The highest BCUT2D eigenvalue weighted by atomic mass is 16.6. The van der Waals surface area contributed by atoms with Crippen molar-refractivity contribution >= 4 is 29.5 Å². The molecule has 4 N–H and O–H groups in total. The molecule has 0 saturated carbocycles. The summed E-state index contributed by atoms with van der Waals surface area (Å²) in [5, 5.41) is 5.62. The molecule has 1 aromatic carbocycles. The van der Waals surface area contributed by atoms with E-state index in [4.69, 9.17) is 35.8 Å². The Hall–Kier alpha value is -3.83. The maximum absolute atomic E-state index is 13.1. The number of unbranched alkanes of at least 4 members (excludes halogenated alkanes) is 5. The maximum Gasteiger partial charge on any atom is 0.407 e. The Balaban J connectivity index is 2.33. The second kappa shape index (κ2) is 29.6. The van der Waals surface area contributed by atoms with E-state index in [1.165, 1.54) is 0 Å². The molecule has 1 aromatic rings. The van der Waals surface area contributed by atoms with Gasteiger partial charge in [-0.1, -0.05) is 55.5 Å². The molecule has 13 nitrogen and oxygen atoms in total. The van der Waals surface area contributed by atoms with Gasteiger partial charge in [-0.25, -0.2) is 4.79 Å². The highest BCUT2D eigenvalue weighted by Crippen LogP contribution is 2.15. The van der Waals surface area contributed by atoms with E-state index in [2.05, 4.69) is 16.6 Å². The minimum absolute atomic E-state index is 0.00231. The van der Waals surface area contributed by atoms with Crippen LogP contribution in [0.15, 0.2) is 30.3 Å². The summed E-state index contributed by atoms with van der Waals surface area (Å²) in [5.74, 6) is 0.742. The van der Waals surface area contributed by atoms with Crippen molar-refractivity contribution in [3.8, 4) is 12.3 Å². The topological polar surface area (TPSA) is 182 Å². The Bertz CT molecular complexity index is 1230. The van der Waals surface area contributed by atoms with Gasteiger partial charge >= 0.3 is 12.1 Å². The van der Waals surface area contributed by atoms with Gasteiger partial charge in [-0.15, -0.1) is 6.42 Å². The number of ketones is 2. The monoisotopic (exact) mass is 745 g/mol. The van der Waals surface area contributed by atoms with Crippen LogP contribution >= 0.6 is 0 Å². The van der Waals surface area contributed by atoms with Gasteiger partial charge in [-0.2, -0.15) is 0 Å². The number of terminal acetylenes is 1. The minimum atomic E-state index is -0.698. The number of amides is 2. The summed E-state index contributed by atoms with van der Waals surface area (Å²) >= 11 is 0.